The zero-order chi connectivity index (χ0) is 18.2. The van der Waals surface area contributed by atoms with Crippen molar-refractivity contribution in [3.8, 4) is 11.5 Å². The molecule has 0 radical (unpaired) electrons. The summed E-state index contributed by atoms with van der Waals surface area (Å²) in [6, 6.07) is 5.00. The van der Waals surface area contributed by atoms with Crippen molar-refractivity contribution in [1.29, 1.82) is 0 Å². The summed E-state index contributed by atoms with van der Waals surface area (Å²) >= 11 is 1.37. The number of rotatable bonds is 8. The number of ether oxygens (including phenoxy) is 2. The predicted molar refractivity (Wildman–Crippen MR) is 95.4 cm³/mol. The van der Waals surface area contributed by atoms with E-state index in [1.165, 1.54) is 25.6 Å². The number of thiazole rings is 1. The Kier molecular flexibility index (Phi) is 6.72. The molecule has 2 aromatic rings. The molecule has 0 aliphatic heterocycles. The third-order valence-corrected chi connectivity index (χ3v) is 4.10. The lowest BCUT2D eigenvalue weighted by atomic mass is 10.2. The van der Waals surface area contributed by atoms with Gasteiger partial charge < -0.3 is 25.8 Å². The number of benzene rings is 1. The quantitative estimate of drug-likeness (QED) is 0.644. The van der Waals surface area contributed by atoms with Crippen molar-refractivity contribution in [2.24, 2.45) is 5.73 Å². The Morgan fingerprint density at radius 3 is 2.48 bits per heavy atom. The minimum absolute atomic E-state index is 0.178. The van der Waals surface area contributed by atoms with Gasteiger partial charge in [-0.1, -0.05) is 0 Å². The van der Waals surface area contributed by atoms with Gasteiger partial charge in [-0.2, -0.15) is 0 Å². The van der Waals surface area contributed by atoms with E-state index in [4.69, 9.17) is 15.2 Å². The normalized spacial score (nSPS) is 10.2. The molecule has 0 aliphatic carbocycles. The van der Waals surface area contributed by atoms with E-state index in [-0.39, 0.29) is 18.1 Å². The number of methoxy groups -OCH3 is 2. The van der Waals surface area contributed by atoms with Crippen LogP contribution in [0.3, 0.4) is 0 Å². The molecule has 8 nitrogen and oxygen atoms in total. The van der Waals surface area contributed by atoms with Gasteiger partial charge in [0.25, 0.3) is 5.91 Å². The third kappa shape index (κ3) is 5.44. The highest BCUT2D eigenvalue weighted by atomic mass is 32.1. The molecule has 0 unspecified atom stereocenters. The molecule has 1 aromatic heterocycles. The molecule has 0 saturated carbocycles. The molecule has 0 spiro atoms. The first kappa shape index (κ1) is 18.7. The van der Waals surface area contributed by atoms with Crippen LogP contribution in [0, 0.1) is 0 Å². The summed E-state index contributed by atoms with van der Waals surface area (Å²) in [6.07, 6.45) is 0.621. The van der Waals surface area contributed by atoms with Gasteiger partial charge in [0.2, 0.25) is 5.91 Å². The lowest BCUT2D eigenvalue weighted by Gasteiger charge is -2.10. The van der Waals surface area contributed by atoms with E-state index in [1.54, 1.807) is 23.6 Å². The SMILES string of the molecule is COc1cc(NC(=O)CNC(=O)c2csc(CCN)n2)cc(OC)c1. The van der Waals surface area contributed by atoms with Crippen LogP contribution in [-0.2, 0) is 11.2 Å². The van der Waals surface area contributed by atoms with Crippen molar-refractivity contribution in [2.75, 3.05) is 32.6 Å². The molecule has 134 valence electrons. The topological polar surface area (TPSA) is 116 Å². The Morgan fingerprint density at radius 2 is 1.88 bits per heavy atom. The van der Waals surface area contributed by atoms with E-state index in [0.717, 1.165) is 5.01 Å². The van der Waals surface area contributed by atoms with E-state index >= 15 is 0 Å². The molecule has 0 atom stereocenters. The lowest BCUT2D eigenvalue weighted by Crippen LogP contribution is -2.33. The first-order chi connectivity index (χ1) is 12.0. The third-order valence-electron chi connectivity index (χ3n) is 3.19. The minimum Gasteiger partial charge on any atom is -0.497 e. The first-order valence-electron chi connectivity index (χ1n) is 7.51. The Hall–Kier alpha value is -2.65. The number of hydrogen-bond acceptors (Lipinski definition) is 7. The first-order valence-corrected chi connectivity index (χ1v) is 8.39. The second kappa shape index (κ2) is 9.00. The Labute approximate surface area is 149 Å². The summed E-state index contributed by atoms with van der Waals surface area (Å²) in [5.74, 6) is 0.321. The highest BCUT2D eigenvalue weighted by Gasteiger charge is 2.12. The predicted octanol–water partition coefficient (Wildman–Crippen LogP) is 1.03. The van der Waals surface area contributed by atoms with E-state index < -0.39 is 5.91 Å². The summed E-state index contributed by atoms with van der Waals surface area (Å²) in [4.78, 5) is 28.2. The number of carbonyl (C=O) groups is 2. The second-order valence-corrected chi connectivity index (χ2v) is 5.94. The molecule has 0 saturated heterocycles. The minimum atomic E-state index is -0.405. The number of nitrogens with two attached hydrogens (primary N) is 1. The standard InChI is InChI=1S/C16H20N4O4S/c1-23-11-5-10(6-12(7-11)24-2)19-14(21)8-18-16(22)13-9-25-15(20-13)3-4-17/h5-7,9H,3-4,8,17H2,1-2H3,(H,18,22)(H,19,21). The maximum absolute atomic E-state index is 12.0. The summed E-state index contributed by atoms with van der Waals surface area (Å²) in [7, 11) is 3.04. The van der Waals surface area contributed by atoms with Crippen LogP contribution in [0.5, 0.6) is 11.5 Å². The average molecular weight is 364 g/mol. The number of amides is 2. The van der Waals surface area contributed by atoms with Gasteiger partial charge in [-0.25, -0.2) is 4.98 Å². The van der Waals surface area contributed by atoms with Crippen LogP contribution in [0.15, 0.2) is 23.6 Å². The lowest BCUT2D eigenvalue weighted by molar-refractivity contribution is -0.115. The summed E-state index contributed by atoms with van der Waals surface area (Å²) in [5.41, 5.74) is 6.24. The maximum atomic E-state index is 12.0. The van der Waals surface area contributed by atoms with E-state index in [2.05, 4.69) is 15.6 Å². The van der Waals surface area contributed by atoms with E-state index in [0.29, 0.717) is 30.2 Å². The molecule has 2 rings (SSSR count). The number of nitrogens with zero attached hydrogens (tertiary/aromatic N) is 1. The van der Waals surface area contributed by atoms with Crippen molar-refractivity contribution < 1.29 is 19.1 Å². The van der Waals surface area contributed by atoms with Gasteiger partial charge in [-0.15, -0.1) is 11.3 Å². The number of nitrogens with one attached hydrogen (secondary N) is 2. The van der Waals surface area contributed by atoms with Crippen molar-refractivity contribution in [2.45, 2.75) is 6.42 Å². The number of carbonyl (C=O) groups excluding carboxylic acids is 2. The van der Waals surface area contributed by atoms with Crippen LogP contribution in [0.25, 0.3) is 0 Å². The molecular formula is C16H20N4O4S. The average Bonchev–Trinajstić information content (AvgIpc) is 3.08. The highest BCUT2D eigenvalue weighted by Crippen LogP contribution is 2.25. The fraction of sp³-hybridized carbons (Fsp3) is 0.312. The van der Waals surface area contributed by atoms with Crippen LogP contribution in [-0.4, -0.2) is 44.1 Å². The molecule has 0 fully saturated rings. The zero-order valence-electron chi connectivity index (χ0n) is 14.0. The van der Waals surface area contributed by atoms with E-state index in [9.17, 15) is 9.59 Å². The van der Waals surface area contributed by atoms with Crippen molar-refractivity contribution in [1.82, 2.24) is 10.3 Å². The van der Waals surface area contributed by atoms with Gasteiger partial charge >= 0.3 is 0 Å². The summed E-state index contributed by atoms with van der Waals surface area (Å²) in [6.45, 7) is 0.295. The van der Waals surface area contributed by atoms with Crippen LogP contribution >= 0.6 is 11.3 Å². The number of aromatic nitrogens is 1. The Morgan fingerprint density at radius 1 is 1.20 bits per heavy atom. The molecular weight excluding hydrogens is 344 g/mol. The molecule has 4 N–H and O–H groups in total. The monoisotopic (exact) mass is 364 g/mol. The van der Waals surface area contributed by atoms with Crippen LogP contribution < -0.4 is 25.8 Å². The molecule has 1 aromatic carbocycles. The molecule has 25 heavy (non-hydrogen) atoms. The highest BCUT2D eigenvalue weighted by molar-refractivity contribution is 7.09. The van der Waals surface area contributed by atoms with E-state index in [1.807, 2.05) is 0 Å². The molecule has 2 amide bonds. The van der Waals surface area contributed by atoms with Crippen LogP contribution in [0.4, 0.5) is 5.69 Å². The van der Waals surface area contributed by atoms with Crippen molar-refractivity contribution >= 4 is 28.8 Å². The van der Waals surface area contributed by atoms with Gasteiger partial charge in [0.1, 0.15) is 17.2 Å². The summed E-state index contributed by atoms with van der Waals surface area (Å²) < 4.78 is 10.3. The van der Waals surface area contributed by atoms with Gasteiger partial charge in [0.15, 0.2) is 0 Å². The fourth-order valence-electron chi connectivity index (χ4n) is 1.99. The van der Waals surface area contributed by atoms with Crippen LogP contribution in [0.1, 0.15) is 15.5 Å². The molecule has 9 heteroatoms. The van der Waals surface area contributed by atoms with Gasteiger partial charge in [0, 0.05) is 35.7 Å². The van der Waals surface area contributed by atoms with Crippen molar-refractivity contribution in [3.63, 3.8) is 0 Å². The fourth-order valence-corrected chi connectivity index (χ4v) is 2.78. The molecule has 0 aliphatic rings. The van der Waals surface area contributed by atoms with Gasteiger partial charge in [-0.3, -0.25) is 9.59 Å². The zero-order valence-corrected chi connectivity index (χ0v) is 14.8. The van der Waals surface area contributed by atoms with Crippen molar-refractivity contribution in [3.05, 3.63) is 34.3 Å². The smallest absolute Gasteiger partial charge is 0.271 e. The second-order valence-electron chi connectivity index (χ2n) is 5.00. The largest absolute Gasteiger partial charge is 0.497 e. The maximum Gasteiger partial charge on any atom is 0.271 e. The van der Waals surface area contributed by atoms with Gasteiger partial charge in [-0.05, 0) is 6.54 Å². The summed E-state index contributed by atoms with van der Waals surface area (Å²) in [5, 5.41) is 7.64. The van der Waals surface area contributed by atoms with Crippen LogP contribution in [0.2, 0.25) is 0 Å². The number of hydrogen-bond donors (Lipinski definition) is 3. The molecule has 1 heterocycles. The molecule has 0 bridgehead atoms. The Bertz CT molecular complexity index is 725. The number of anilines is 1. The van der Waals surface area contributed by atoms with Gasteiger partial charge in [0.05, 0.1) is 25.8 Å². The Balaban J connectivity index is 1.90.